The topological polar surface area (TPSA) is 15.3 Å². The third kappa shape index (κ3) is 5.53. The van der Waals surface area contributed by atoms with E-state index in [0.717, 1.165) is 5.92 Å². The summed E-state index contributed by atoms with van der Waals surface area (Å²) in [7, 11) is 0. The Morgan fingerprint density at radius 2 is 2.07 bits per heavy atom. The van der Waals surface area contributed by atoms with Gasteiger partial charge >= 0.3 is 0 Å². The Morgan fingerprint density at radius 1 is 1.33 bits per heavy atom. The molecule has 0 radical (unpaired) electrons. The van der Waals surface area contributed by atoms with E-state index in [1.165, 1.54) is 45.6 Å². The number of nitrogens with one attached hydrogen (secondary N) is 1. The van der Waals surface area contributed by atoms with Crippen molar-refractivity contribution < 1.29 is 0 Å². The summed E-state index contributed by atoms with van der Waals surface area (Å²) in [5.41, 5.74) is 0.450. The van der Waals surface area contributed by atoms with Crippen LogP contribution in [0, 0.1) is 11.3 Å². The van der Waals surface area contributed by atoms with E-state index in [0.29, 0.717) is 5.41 Å². The molecule has 1 aliphatic heterocycles. The largest absolute Gasteiger partial charge is 0.316 e. The van der Waals surface area contributed by atoms with Gasteiger partial charge < -0.3 is 10.2 Å². The van der Waals surface area contributed by atoms with E-state index in [2.05, 4.69) is 37.9 Å². The lowest BCUT2D eigenvalue weighted by molar-refractivity contribution is 0.220. The Bertz CT molecular complexity index is 172. The molecule has 1 heterocycles. The minimum absolute atomic E-state index is 0.450. The van der Waals surface area contributed by atoms with Crippen molar-refractivity contribution in [2.45, 2.75) is 40.5 Å². The minimum atomic E-state index is 0.450. The van der Waals surface area contributed by atoms with Gasteiger partial charge in [0.15, 0.2) is 0 Å². The van der Waals surface area contributed by atoms with Gasteiger partial charge in [-0.25, -0.2) is 0 Å². The van der Waals surface area contributed by atoms with E-state index >= 15 is 0 Å². The molecule has 1 rings (SSSR count). The molecular formula is C13H28N2. The van der Waals surface area contributed by atoms with Gasteiger partial charge in [0.05, 0.1) is 0 Å². The molecule has 2 nitrogen and oxygen atoms in total. The lowest BCUT2D eigenvalue weighted by Crippen LogP contribution is -2.32. The molecule has 0 amide bonds. The molecule has 0 aromatic rings. The monoisotopic (exact) mass is 212 g/mol. The van der Waals surface area contributed by atoms with Crippen molar-refractivity contribution in [3.8, 4) is 0 Å². The van der Waals surface area contributed by atoms with E-state index in [4.69, 9.17) is 0 Å². The van der Waals surface area contributed by atoms with Gasteiger partial charge in [-0.3, -0.25) is 0 Å². The van der Waals surface area contributed by atoms with Gasteiger partial charge in [0.25, 0.3) is 0 Å². The second-order valence-electron chi connectivity index (χ2n) is 6.15. The van der Waals surface area contributed by atoms with Crippen molar-refractivity contribution in [1.29, 1.82) is 0 Å². The van der Waals surface area contributed by atoms with Gasteiger partial charge in [-0.15, -0.1) is 0 Å². The predicted molar refractivity (Wildman–Crippen MR) is 67.2 cm³/mol. The molecule has 0 bridgehead atoms. The summed E-state index contributed by atoms with van der Waals surface area (Å²) in [4.78, 5) is 2.62. The van der Waals surface area contributed by atoms with Crippen LogP contribution in [-0.2, 0) is 0 Å². The molecule has 90 valence electrons. The summed E-state index contributed by atoms with van der Waals surface area (Å²) in [5, 5.41) is 3.53. The third-order valence-electron chi connectivity index (χ3n) is 2.93. The van der Waals surface area contributed by atoms with E-state index in [1.54, 1.807) is 0 Å². The third-order valence-corrected chi connectivity index (χ3v) is 2.93. The summed E-state index contributed by atoms with van der Waals surface area (Å²) in [5.74, 6) is 0.888. The Kier molecular flexibility index (Phi) is 5.07. The van der Waals surface area contributed by atoms with Crippen LogP contribution in [0.2, 0.25) is 0 Å². The Morgan fingerprint density at radius 3 is 2.67 bits per heavy atom. The zero-order valence-corrected chi connectivity index (χ0v) is 11.0. The van der Waals surface area contributed by atoms with Gasteiger partial charge in [-0.2, -0.15) is 0 Å². The number of rotatable bonds is 5. The fraction of sp³-hybridized carbons (Fsp3) is 1.00. The average Bonchev–Trinajstić information content (AvgIpc) is 2.50. The van der Waals surface area contributed by atoms with Crippen LogP contribution >= 0.6 is 0 Å². The van der Waals surface area contributed by atoms with Crippen molar-refractivity contribution in [1.82, 2.24) is 10.2 Å². The van der Waals surface area contributed by atoms with Gasteiger partial charge in [0, 0.05) is 13.1 Å². The van der Waals surface area contributed by atoms with Crippen LogP contribution in [-0.4, -0.2) is 37.6 Å². The molecule has 1 N–H and O–H groups in total. The highest BCUT2D eigenvalue weighted by molar-refractivity contribution is 4.80. The van der Waals surface area contributed by atoms with Crippen LogP contribution in [0.4, 0.5) is 0 Å². The molecular weight excluding hydrogens is 184 g/mol. The molecule has 1 fully saturated rings. The summed E-state index contributed by atoms with van der Waals surface area (Å²) in [6.45, 7) is 15.5. The van der Waals surface area contributed by atoms with Crippen molar-refractivity contribution in [2.24, 2.45) is 11.3 Å². The molecule has 0 aromatic heterocycles. The maximum absolute atomic E-state index is 3.53. The lowest BCUT2D eigenvalue weighted by Gasteiger charge is -2.26. The molecule has 1 unspecified atom stereocenters. The van der Waals surface area contributed by atoms with E-state index in [-0.39, 0.29) is 0 Å². The SMILES string of the molecule is CCCNCC1CCN(CC(C)(C)C)C1. The first-order chi connectivity index (χ1) is 7.01. The number of hydrogen-bond acceptors (Lipinski definition) is 2. The highest BCUT2D eigenvalue weighted by Crippen LogP contribution is 2.21. The van der Waals surface area contributed by atoms with Crippen molar-refractivity contribution in [3.63, 3.8) is 0 Å². The summed E-state index contributed by atoms with van der Waals surface area (Å²) >= 11 is 0. The van der Waals surface area contributed by atoms with Crippen LogP contribution in [0.1, 0.15) is 40.5 Å². The molecule has 0 aliphatic carbocycles. The first kappa shape index (κ1) is 13.0. The first-order valence-corrected chi connectivity index (χ1v) is 6.44. The Hall–Kier alpha value is -0.0800. The molecule has 1 saturated heterocycles. The van der Waals surface area contributed by atoms with Gasteiger partial charge in [0.1, 0.15) is 0 Å². The van der Waals surface area contributed by atoms with Gasteiger partial charge in [-0.05, 0) is 43.8 Å². The van der Waals surface area contributed by atoms with Crippen molar-refractivity contribution in [2.75, 3.05) is 32.7 Å². The molecule has 0 aromatic carbocycles. The molecule has 2 heteroatoms. The average molecular weight is 212 g/mol. The normalized spacial score (nSPS) is 23.6. The molecule has 0 saturated carbocycles. The minimum Gasteiger partial charge on any atom is -0.316 e. The highest BCUT2D eigenvalue weighted by Gasteiger charge is 2.25. The fourth-order valence-corrected chi connectivity index (χ4v) is 2.38. The van der Waals surface area contributed by atoms with Gasteiger partial charge in [0.2, 0.25) is 0 Å². The smallest absolute Gasteiger partial charge is 0.00302 e. The lowest BCUT2D eigenvalue weighted by atomic mass is 9.96. The Labute approximate surface area is 95.4 Å². The van der Waals surface area contributed by atoms with Crippen molar-refractivity contribution >= 4 is 0 Å². The standard InChI is InChI=1S/C13H28N2/c1-5-7-14-9-12-6-8-15(10-12)11-13(2,3)4/h12,14H,5-11H2,1-4H3. The summed E-state index contributed by atoms with van der Waals surface area (Å²) < 4.78 is 0. The highest BCUT2D eigenvalue weighted by atomic mass is 15.2. The molecule has 1 aliphatic rings. The second-order valence-corrected chi connectivity index (χ2v) is 6.15. The molecule has 15 heavy (non-hydrogen) atoms. The van der Waals surface area contributed by atoms with Crippen LogP contribution in [0.15, 0.2) is 0 Å². The molecule has 1 atom stereocenters. The van der Waals surface area contributed by atoms with E-state index in [1.807, 2.05) is 0 Å². The number of nitrogens with zero attached hydrogens (tertiary/aromatic N) is 1. The second kappa shape index (κ2) is 5.86. The van der Waals surface area contributed by atoms with E-state index < -0.39 is 0 Å². The molecule has 0 spiro atoms. The Balaban J connectivity index is 2.15. The van der Waals surface area contributed by atoms with E-state index in [9.17, 15) is 0 Å². The quantitative estimate of drug-likeness (QED) is 0.704. The van der Waals surface area contributed by atoms with Crippen LogP contribution in [0.25, 0.3) is 0 Å². The zero-order valence-electron chi connectivity index (χ0n) is 11.0. The maximum Gasteiger partial charge on any atom is 0.00302 e. The summed E-state index contributed by atoms with van der Waals surface area (Å²) in [6.07, 6.45) is 2.63. The number of likely N-dealkylation sites (tertiary alicyclic amines) is 1. The van der Waals surface area contributed by atoms with Crippen molar-refractivity contribution in [3.05, 3.63) is 0 Å². The maximum atomic E-state index is 3.53. The predicted octanol–water partition coefficient (Wildman–Crippen LogP) is 2.35. The first-order valence-electron chi connectivity index (χ1n) is 6.44. The fourth-order valence-electron chi connectivity index (χ4n) is 2.38. The number of hydrogen-bond donors (Lipinski definition) is 1. The zero-order chi connectivity index (χ0) is 11.3. The van der Waals surface area contributed by atoms with Crippen LogP contribution in [0.5, 0.6) is 0 Å². The van der Waals surface area contributed by atoms with Gasteiger partial charge in [-0.1, -0.05) is 27.7 Å². The van der Waals surface area contributed by atoms with Crippen LogP contribution in [0.3, 0.4) is 0 Å². The van der Waals surface area contributed by atoms with Crippen LogP contribution < -0.4 is 5.32 Å². The summed E-state index contributed by atoms with van der Waals surface area (Å²) in [6, 6.07) is 0.